The van der Waals surface area contributed by atoms with Crippen LogP contribution in [0.1, 0.15) is 72.7 Å². The first-order valence-corrected chi connectivity index (χ1v) is 22.0. The van der Waals surface area contributed by atoms with Crippen LogP contribution in [0.25, 0.3) is 23.5 Å². The topological polar surface area (TPSA) is 157 Å². The molecule has 2 aromatic heterocycles. The van der Waals surface area contributed by atoms with Crippen LogP contribution < -0.4 is 18.9 Å². The van der Waals surface area contributed by atoms with Gasteiger partial charge in [0.25, 0.3) is 11.8 Å². The second-order valence-corrected chi connectivity index (χ2v) is 16.5. The number of hydrogen-bond acceptors (Lipinski definition) is 12. The molecule has 4 atom stereocenters. The Morgan fingerprint density at radius 3 is 1.42 bits per heavy atom. The maximum atomic E-state index is 13.5. The summed E-state index contributed by atoms with van der Waals surface area (Å²) in [5, 5.41) is 8.70. The predicted octanol–water partition coefficient (Wildman–Crippen LogP) is 7.39. The molecule has 0 radical (unpaired) electrons. The van der Waals surface area contributed by atoms with Gasteiger partial charge in [0.15, 0.2) is 11.5 Å². The van der Waals surface area contributed by atoms with E-state index in [1.54, 1.807) is 48.4 Å². The lowest BCUT2D eigenvalue weighted by atomic mass is 9.97. The number of hydrogen-bond donors (Lipinski definition) is 0. The Labute approximate surface area is 383 Å². The van der Waals surface area contributed by atoms with Crippen LogP contribution in [-0.4, -0.2) is 104 Å². The monoisotopic (exact) mass is 892 g/mol. The Bertz CT molecular complexity index is 2630. The minimum atomic E-state index is -0.122. The first-order chi connectivity index (χ1) is 32.1. The van der Waals surface area contributed by atoms with Crippen molar-refractivity contribution < 1.29 is 38.0 Å². The van der Waals surface area contributed by atoms with Gasteiger partial charge in [-0.05, 0) is 87.4 Å². The summed E-state index contributed by atoms with van der Waals surface area (Å²) >= 11 is 0. The summed E-state index contributed by atoms with van der Waals surface area (Å²) in [4.78, 5) is 39.1. The van der Waals surface area contributed by atoms with E-state index in [4.69, 9.17) is 28.4 Å². The van der Waals surface area contributed by atoms with Crippen molar-refractivity contribution >= 4 is 24.0 Å². The molecular weight excluding hydrogens is 841 g/mol. The van der Waals surface area contributed by atoms with Crippen molar-refractivity contribution in [3.8, 4) is 34.4 Å². The Morgan fingerprint density at radius 1 is 0.606 bits per heavy atom. The molecule has 10 rings (SSSR count). The lowest BCUT2D eigenvalue weighted by Crippen LogP contribution is -2.47. The molecule has 0 N–H and O–H groups in total. The number of carbonyl (C=O) groups is 2. The Kier molecular flexibility index (Phi) is 12.5. The van der Waals surface area contributed by atoms with Crippen LogP contribution in [0.4, 0.5) is 0 Å². The van der Waals surface area contributed by atoms with E-state index in [0.29, 0.717) is 61.0 Å². The molecule has 2 fully saturated rings. The van der Waals surface area contributed by atoms with Crippen molar-refractivity contribution in [2.75, 3.05) is 40.5 Å². The van der Waals surface area contributed by atoms with Crippen molar-refractivity contribution in [1.29, 1.82) is 0 Å². The zero-order valence-electron chi connectivity index (χ0n) is 37.8. The van der Waals surface area contributed by atoms with Gasteiger partial charge in [-0.25, -0.2) is 19.3 Å². The first kappa shape index (κ1) is 43.6. The van der Waals surface area contributed by atoms with Crippen LogP contribution in [0.3, 0.4) is 0 Å². The van der Waals surface area contributed by atoms with Gasteiger partial charge in [-0.1, -0.05) is 48.5 Å². The first-order valence-electron chi connectivity index (χ1n) is 22.0. The summed E-state index contributed by atoms with van der Waals surface area (Å²) in [6.07, 6.45) is 8.09. The van der Waals surface area contributed by atoms with E-state index in [0.717, 1.165) is 58.0 Å². The molecule has 0 bridgehead atoms. The predicted molar refractivity (Wildman–Crippen MR) is 244 cm³/mol. The maximum absolute atomic E-state index is 13.5. The second kappa shape index (κ2) is 18.8. The molecule has 0 unspecified atom stereocenters. The van der Waals surface area contributed by atoms with Crippen LogP contribution in [0.15, 0.2) is 109 Å². The van der Waals surface area contributed by atoms with Crippen LogP contribution in [0.5, 0.6) is 23.0 Å². The quantitative estimate of drug-likeness (QED) is 0.140. The van der Waals surface area contributed by atoms with Gasteiger partial charge in [-0.15, -0.1) is 0 Å². The number of methoxy groups -OCH3 is 2. The van der Waals surface area contributed by atoms with Gasteiger partial charge in [-0.3, -0.25) is 9.59 Å². The third-order valence-corrected chi connectivity index (χ3v) is 11.8. The minimum Gasteiger partial charge on any atom is -0.494 e. The number of amides is 2. The Hall–Kier alpha value is -7.62. The van der Waals surface area contributed by atoms with Crippen molar-refractivity contribution in [2.45, 2.75) is 64.8 Å². The summed E-state index contributed by atoms with van der Waals surface area (Å²) in [5.41, 5.74) is 5.23. The molecule has 2 saturated heterocycles. The third kappa shape index (κ3) is 9.03. The van der Waals surface area contributed by atoms with Gasteiger partial charge < -0.3 is 38.2 Å². The average Bonchev–Trinajstić information content (AvgIpc) is 3.98. The highest BCUT2D eigenvalue weighted by atomic mass is 16.5. The van der Waals surface area contributed by atoms with E-state index in [9.17, 15) is 9.59 Å². The minimum absolute atomic E-state index is 0.0373. The lowest BCUT2D eigenvalue weighted by Gasteiger charge is -2.40. The number of morpholine rings is 2. The summed E-state index contributed by atoms with van der Waals surface area (Å²) in [5.74, 6) is 4.69. The molecule has 0 aliphatic carbocycles. The maximum Gasteiger partial charge on any atom is 0.289 e. The fraction of sp³-hybridized carbons (Fsp3) is 0.320. The molecule has 4 aliphatic heterocycles. The van der Waals surface area contributed by atoms with Crippen molar-refractivity contribution in [1.82, 2.24) is 39.3 Å². The normalized spacial score (nSPS) is 21.4. The van der Waals surface area contributed by atoms with Gasteiger partial charge >= 0.3 is 0 Å². The number of aryl methyl sites for hydroxylation is 2. The molecule has 66 heavy (non-hydrogen) atoms. The van der Waals surface area contributed by atoms with E-state index in [1.807, 2.05) is 122 Å². The van der Waals surface area contributed by atoms with Crippen molar-refractivity contribution in [3.05, 3.63) is 143 Å². The fourth-order valence-electron chi connectivity index (χ4n) is 8.81. The lowest BCUT2D eigenvalue weighted by molar-refractivity contribution is -0.143. The van der Waals surface area contributed by atoms with Gasteiger partial charge in [-0.2, -0.15) is 10.2 Å². The van der Waals surface area contributed by atoms with Gasteiger partial charge in [0.1, 0.15) is 70.9 Å². The highest BCUT2D eigenvalue weighted by molar-refractivity contribution is 5.97. The SMILES string of the molecule is COc1cc(/C=C2\O[C@@H](C)CN([C@H]3CCOc4ccccc43)C2=O)ccc1-n1cnc(C)n1.COc1cc(/C=C2\O[C@H](C)CN([C@H]3CCOc4ccccc43)C2=O)ccc1-n1cnc(C)n1. The van der Waals surface area contributed by atoms with Gasteiger partial charge in [0.05, 0.1) is 52.6 Å². The average molecular weight is 893 g/mol. The molecule has 6 heterocycles. The van der Waals surface area contributed by atoms with Gasteiger partial charge in [0, 0.05) is 24.0 Å². The van der Waals surface area contributed by atoms with Crippen LogP contribution >= 0.6 is 0 Å². The van der Waals surface area contributed by atoms with E-state index in [2.05, 4.69) is 20.2 Å². The molecule has 2 amide bonds. The van der Waals surface area contributed by atoms with Crippen LogP contribution in [-0.2, 0) is 19.1 Å². The highest BCUT2D eigenvalue weighted by Gasteiger charge is 2.38. The molecule has 16 heteroatoms. The number of fused-ring (bicyclic) bond motifs is 2. The van der Waals surface area contributed by atoms with E-state index in [1.165, 1.54) is 0 Å². The number of carbonyl (C=O) groups excluding carboxylic acids is 2. The number of rotatable bonds is 8. The standard InChI is InChI=1S/2C25H26N4O4/c2*1-16-14-28(20-10-11-32-22-7-5-4-6-19(20)22)25(30)24(33-16)13-18-8-9-21(23(12-18)31-3)29-15-26-17(2)27-29/h2*4-9,12-13,15-16,20H,10-11,14H2,1-3H3/b2*24-13-/t16-,20+;16-,20-/m10/s1. The summed E-state index contributed by atoms with van der Waals surface area (Å²) in [7, 11) is 3.21. The Balaban J connectivity index is 0.000000166. The number of ether oxygens (including phenoxy) is 6. The molecule has 4 aromatic carbocycles. The molecule has 16 nitrogen and oxygen atoms in total. The molecular formula is C50H52N8O8. The summed E-state index contributed by atoms with van der Waals surface area (Å²) in [6, 6.07) is 27.1. The number of para-hydroxylation sites is 2. The molecule has 0 spiro atoms. The molecule has 4 aliphatic rings. The molecule has 0 saturated carbocycles. The van der Waals surface area contributed by atoms with E-state index < -0.39 is 0 Å². The zero-order chi connectivity index (χ0) is 45.9. The Morgan fingerprint density at radius 2 is 1.03 bits per heavy atom. The molecule has 6 aromatic rings. The largest absolute Gasteiger partial charge is 0.494 e. The second-order valence-electron chi connectivity index (χ2n) is 16.5. The van der Waals surface area contributed by atoms with E-state index >= 15 is 0 Å². The smallest absolute Gasteiger partial charge is 0.289 e. The van der Waals surface area contributed by atoms with Crippen LogP contribution in [0, 0.1) is 13.8 Å². The number of nitrogens with zero attached hydrogens (tertiary/aromatic N) is 8. The van der Waals surface area contributed by atoms with E-state index in [-0.39, 0.29) is 36.1 Å². The highest BCUT2D eigenvalue weighted by Crippen LogP contribution is 2.40. The van der Waals surface area contributed by atoms with Crippen LogP contribution in [0.2, 0.25) is 0 Å². The fourth-order valence-corrected chi connectivity index (χ4v) is 8.81. The molecule has 340 valence electrons. The van der Waals surface area contributed by atoms with Gasteiger partial charge in [0.2, 0.25) is 0 Å². The summed E-state index contributed by atoms with van der Waals surface area (Å²) < 4.78 is 38.0. The van der Waals surface area contributed by atoms with Crippen molar-refractivity contribution in [3.63, 3.8) is 0 Å². The zero-order valence-corrected chi connectivity index (χ0v) is 37.8. The summed E-state index contributed by atoms with van der Waals surface area (Å²) in [6.45, 7) is 9.85. The number of aromatic nitrogens is 6. The van der Waals surface area contributed by atoms with Crippen molar-refractivity contribution in [2.24, 2.45) is 0 Å². The third-order valence-electron chi connectivity index (χ3n) is 11.8. The number of benzene rings is 4.